The molecular weight excluding hydrogens is 260 g/mol. The smallest absolute Gasteiger partial charge is 0.306 e. The molecule has 0 heterocycles. The van der Waals surface area contributed by atoms with Gasteiger partial charge in [0.05, 0.1) is 13.0 Å². The summed E-state index contributed by atoms with van der Waals surface area (Å²) in [6.07, 6.45) is 13.6. The fraction of sp³-hybridized carbons (Fsp3) is 0.947. The molecule has 0 spiro atoms. The molecule has 21 heavy (non-hydrogen) atoms. The van der Waals surface area contributed by atoms with E-state index in [2.05, 4.69) is 27.7 Å². The quantitative estimate of drug-likeness (QED) is 0.279. The van der Waals surface area contributed by atoms with Crippen molar-refractivity contribution in [3.8, 4) is 0 Å². The molecule has 0 rings (SSSR count). The lowest BCUT2D eigenvalue weighted by Gasteiger charge is -2.33. The Kier molecular flexibility index (Phi) is 12.8. The van der Waals surface area contributed by atoms with Crippen molar-refractivity contribution in [2.45, 2.75) is 105 Å². The van der Waals surface area contributed by atoms with Gasteiger partial charge in [0.15, 0.2) is 0 Å². The maximum Gasteiger partial charge on any atom is 0.306 e. The third-order valence-corrected chi connectivity index (χ3v) is 4.46. The van der Waals surface area contributed by atoms with E-state index in [9.17, 15) is 4.79 Å². The van der Waals surface area contributed by atoms with Gasteiger partial charge in [-0.05, 0) is 31.1 Å². The fourth-order valence-electron chi connectivity index (χ4n) is 2.98. The Morgan fingerprint density at radius 2 is 1.19 bits per heavy atom. The molecule has 0 saturated heterocycles. The first-order chi connectivity index (χ1) is 10.1. The van der Waals surface area contributed by atoms with Crippen LogP contribution in [0, 0.1) is 5.41 Å². The Morgan fingerprint density at radius 3 is 1.57 bits per heavy atom. The summed E-state index contributed by atoms with van der Waals surface area (Å²) in [6.45, 7) is 9.44. The van der Waals surface area contributed by atoms with Crippen LogP contribution < -0.4 is 0 Å². The zero-order valence-corrected chi connectivity index (χ0v) is 15.0. The van der Waals surface area contributed by atoms with Crippen molar-refractivity contribution in [2.24, 2.45) is 5.41 Å². The van der Waals surface area contributed by atoms with Crippen molar-refractivity contribution >= 4 is 5.97 Å². The molecule has 0 atom stereocenters. The zero-order chi connectivity index (χ0) is 16.0. The number of rotatable bonds is 14. The SMILES string of the molecule is CCCCOC(=O)CC(CCCC)(CCCC)CCCC. The van der Waals surface area contributed by atoms with Crippen LogP contribution in [0.3, 0.4) is 0 Å². The first-order valence-corrected chi connectivity index (χ1v) is 9.29. The second kappa shape index (κ2) is 13.2. The van der Waals surface area contributed by atoms with Gasteiger partial charge in [0, 0.05) is 0 Å². The van der Waals surface area contributed by atoms with E-state index in [0.717, 1.165) is 12.8 Å². The number of carbonyl (C=O) groups is 1. The minimum Gasteiger partial charge on any atom is -0.466 e. The molecule has 126 valence electrons. The van der Waals surface area contributed by atoms with Gasteiger partial charge in [-0.15, -0.1) is 0 Å². The molecule has 0 saturated carbocycles. The van der Waals surface area contributed by atoms with E-state index >= 15 is 0 Å². The molecule has 0 fully saturated rings. The minimum absolute atomic E-state index is 0.0340. The van der Waals surface area contributed by atoms with Crippen LogP contribution in [0.25, 0.3) is 0 Å². The molecular formula is C19H38O2. The lowest BCUT2D eigenvalue weighted by Crippen LogP contribution is -2.26. The van der Waals surface area contributed by atoms with E-state index in [-0.39, 0.29) is 11.4 Å². The molecule has 0 amide bonds. The van der Waals surface area contributed by atoms with Crippen molar-refractivity contribution in [3.63, 3.8) is 0 Å². The maximum absolute atomic E-state index is 12.2. The average molecular weight is 299 g/mol. The van der Waals surface area contributed by atoms with Gasteiger partial charge in [-0.3, -0.25) is 4.79 Å². The van der Waals surface area contributed by atoms with E-state index in [4.69, 9.17) is 4.74 Å². The lowest BCUT2D eigenvalue weighted by molar-refractivity contribution is -0.147. The third-order valence-electron chi connectivity index (χ3n) is 4.46. The van der Waals surface area contributed by atoms with Gasteiger partial charge in [-0.2, -0.15) is 0 Å². The minimum atomic E-state index is 0.0340. The van der Waals surface area contributed by atoms with Crippen molar-refractivity contribution in [1.29, 1.82) is 0 Å². The molecule has 0 aliphatic rings. The monoisotopic (exact) mass is 298 g/mol. The predicted molar refractivity (Wildman–Crippen MR) is 91.5 cm³/mol. The molecule has 0 radical (unpaired) electrons. The van der Waals surface area contributed by atoms with Gasteiger partial charge in [0.1, 0.15) is 0 Å². The average Bonchev–Trinajstić information content (AvgIpc) is 2.49. The first kappa shape index (κ1) is 20.5. The highest BCUT2D eigenvalue weighted by molar-refractivity contribution is 5.70. The Labute approximate surface area is 133 Å². The number of ether oxygens (including phenoxy) is 1. The maximum atomic E-state index is 12.2. The Morgan fingerprint density at radius 1 is 0.762 bits per heavy atom. The van der Waals surface area contributed by atoms with Crippen LogP contribution in [-0.2, 0) is 9.53 Å². The van der Waals surface area contributed by atoms with Gasteiger partial charge in [0.2, 0.25) is 0 Å². The van der Waals surface area contributed by atoms with Crippen LogP contribution >= 0.6 is 0 Å². The van der Waals surface area contributed by atoms with Crippen LogP contribution in [0.15, 0.2) is 0 Å². The van der Waals surface area contributed by atoms with Crippen molar-refractivity contribution in [1.82, 2.24) is 0 Å². The number of hydrogen-bond acceptors (Lipinski definition) is 2. The number of unbranched alkanes of at least 4 members (excludes halogenated alkanes) is 4. The van der Waals surface area contributed by atoms with E-state index in [1.807, 2.05) is 0 Å². The summed E-state index contributed by atoms with van der Waals surface area (Å²) < 4.78 is 5.44. The molecule has 0 aromatic heterocycles. The summed E-state index contributed by atoms with van der Waals surface area (Å²) in [7, 11) is 0. The van der Waals surface area contributed by atoms with Crippen LogP contribution in [0.5, 0.6) is 0 Å². The first-order valence-electron chi connectivity index (χ1n) is 9.29. The summed E-state index contributed by atoms with van der Waals surface area (Å²) >= 11 is 0. The van der Waals surface area contributed by atoms with Gasteiger partial charge < -0.3 is 4.74 Å². The molecule has 0 bridgehead atoms. The molecule has 0 aromatic carbocycles. The van der Waals surface area contributed by atoms with Crippen molar-refractivity contribution < 1.29 is 9.53 Å². The highest BCUT2D eigenvalue weighted by Crippen LogP contribution is 2.40. The van der Waals surface area contributed by atoms with E-state index < -0.39 is 0 Å². The number of esters is 1. The van der Waals surface area contributed by atoms with Crippen molar-refractivity contribution in [3.05, 3.63) is 0 Å². The summed E-state index contributed by atoms with van der Waals surface area (Å²) in [5.41, 5.74) is 0.200. The Hall–Kier alpha value is -0.530. The van der Waals surface area contributed by atoms with E-state index in [1.165, 1.54) is 57.8 Å². The molecule has 0 N–H and O–H groups in total. The molecule has 0 aliphatic heterocycles. The standard InChI is InChI=1S/C19H38O2/c1-5-9-13-19(14-10-6-2,15-11-7-3)17-18(20)21-16-12-8-4/h5-17H2,1-4H3. The fourth-order valence-corrected chi connectivity index (χ4v) is 2.98. The summed E-state index contributed by atoms with van der Waals surface area (Å²) in [5, 5.41) is 0. The summed E-state index contributed by atoms with van der Waals surface area (Å²) in [4.78, 5) is 12.2. The van der Waals surface area contributed by atoms with Crippen LogP contribution in [0.2, 0.25) is 0 Å². The van der Waals surface area contributed by atoms with Crippen LogP contribution in [0.1, 0.15) is 105 Å². The zero-order valence-electron chi connectivity index (χ0n) is 15.0. The van der Waals surface area contributed by atoms with E-state index in [1.54, 1.807) is 0 Å². The Balaban J connectivity index is 4.64. The summed E-state index contributed by atoms with van der Waals surface area (Å²) in [5.74, 6) is 0.0340. The predicted octanol–water partition coefficient (Wildman–Crippen LogP) is 6.28. The molecule has 0 unspecified atom stereocenters. The van der Waals surface area contributed by atoms with Crippen LogP contribution in [0.4, 0.5) is 0 Å². The molecule has 2 nitrogen and oxygen atoms in total. The van der Waals surface area contributed by atoms with Crippen molar-refractivity contribution in [2.75, 3.05) is 6.61 Å². The second-order valence-electron chi connectivity index (χ2n) is 6.56. The Bertz CT molecular complexity index is 226. The van der Waals surface area contributed by atoms with Gasteiger partial charge in [0.25, 0.3) is 0 Å². The normalized spacial score (nSPS) is 11.6. The third kappa shape index (κ3) is 9.92. The lowest BCUT2D eigenvalue weighted by atomic mass is 9.72. The molecule has 0 aromatic rings. The molecule has 2 heteroatoms. The van der Waals surface area contributed by atoms with E-state index in [0.29, 0.717) is 13.0 Å². The largest absolute Gasteiger partial charge is 0.466 e. The number of carbonyl (C=O) groups excluding carboxylic acids is 1. The molecule has 0 aliphatic carbocycles. The van der Waals surface area contributed by atoms with Gasteiger partial charge in [-0.25, -0.2) is 0 Å². The topological polar surface area (TPSA) is 26.3 Å². The van der Waals surface area contributed by atoms with Gasteiger partial charge in [-0.1, -0.05) is 72.6 Å². The summed E-state index contributed by atoms with van der Waals surface area (Å²) in [6, 6.07) is 0. The highest BCUT2D eigenvalue weighted by Gasteiger charge is 2.31. The number of hydrogen-bond donors (Lipinski definition) is 0. The van der Waals surface area contributed by atoms with Gasteiger partial charge >= 0.3 is 5.97 Å². The highest BCUT2D eigenvalue weighted by atomic mass is 16.5. The second-order valence-corrected chi connectivity index (χ2v) is 6.56. The van der Waals surface area contributed by atoms with Crippen LogP contribution in [-0.4, -0.2) is 12.6 Å².